The van der Waals surface area contributed by atoms with Gasteiger partial charge in [-0.3, -0.25) is 0 Å². The van der Waals surface area contributed by atoms with Crippen LogP contribution in [0.2, 0.25) is 10.0 Å². The second-order valence-electron chi connectivity index (χ2n) is 6.10. The van der Waals surface area contributed by atoms with E-state index in [2.05, 4.69) is 0 Å². The molecule has 8 heteroatoms. The average Bonchev–Trinajstić information content (AvgIpc) is 3.25. The Morgan fingerprint density at radius 1 is 1.08 bits per heavy atom. The van der Waals surface area contributed by atoms with Crippen LogP contribution in [-0.2, 0) is 19.4 Å². The monoisotopic (exact) mass is 413 g/mol. The molecular formula is C18H17Cl2NO4S. The van der Waals surface area contributed by atoms with Crippen LogP contribution in [-0.4, -0.2) is 31.8 Å². The Bertz CT molecular complexity index is 929. The van der Waals surface area contributed by atoms with Crippen LogP contribution in [0.5, 0.6) is 0 Å². The number of nitrogens with two attached hydrogens (primary N) is 1. The molecule has 0 bridgehead atoms. The van der Waals surface area contributed by atoms with Gasteiger partial charge in [0.1, 0.15) is 10.8 Å². The van der Waals surface area contributed by atoms with Crippen molar-refractivity contribution >= 4 is 39.0 Å². The lowest BCUT2D eigenvalue weighted by Crippen LogP contribution is -2.41. The normalized spacial score (nSPS) is 24.9. The van der Waals surface area contributed by atoms with Crippen molar-refractivity contribution < 1.29 is 17.9 Å². The number of sulfone groups is 1. The number of ether oxygens (including phenoxy) is 1. The van der Waals surface area contributed by atoms with Gasteiger partial charge in [0, 0.05) is 16.0 Å². The van der Waals surface area contributed by atoms with Crippen molar-refractivity contribution in [3.63, 3.8) is 0 Å². The summed E-state index contributed by atoms with van der Waals surface area (Å²) in [5.41, 5.74) is 5.24. The molecule has 2 aromatic rings. The molecule has 0 amide bonds. The van der Waals surface area contributed by atoms with E-state index in [1.165, 1.54) is 24.3 Å². The van der Waals surface area contributed by atoms with Crippen molar-refractivity contribution in [2.75, 3.05) is 6.61 Å². The van der Waals surface area contributed by atoms with Crippen LogP contribution >= 0.6 is 23.2 Å². The predicted molar refractivity (Wildman–Crippen MR) is 100 cm³/mol. The first-order valence-corrected chi connectivity index (χ1v) is 10.2. The van der Waals surface area contributed by atoms with Crippen molar-refractivity contribution in [1.82, 2.24) is 0 Å². The molecule has 2 aromatic carbocycles. The third-order valence-electron chi connectivity index (χ3n) is 4.51. The predicted octanol–water partition coefficient (Wildman–Crippen LogP) is 3.19. The topological polar surface area (TPSA) is 86.5 Å². The molecule has 0 radical (unpaired) electrons. The smallest absolute Gasteiger partial charge is 0.328 e. The van der Waals surface area contributed by atoms with Crippen molar-refractivity contribution in [3.05, 3.63) is 64.1 Å². The first-order valence-electron chi connectivity index (χ1n) is 7.94. The van der Waals surface area contributed by atoms with Crippen LogP contribution in [0.4, 0.5) is 0 Å². The summed E-state index contributed by atoms with van der Waals surface area (Å²) in [4.78, 5) is 12.5. The maximum Gasteiger partial charge on any atom is 0.328 e. The molecular weight excluding hydrogens is 397 g/mol. The van der Waals surface area contributed by atoms with E-state index in [-0.39, 0.29) is 11.5 Å². The van der Waals surface area contributed by atoms with E-state index in [0.717, 1.165) is 0 Å². The highest BCUT2D eigenvalue weighted by atomic mass is 35.5. The summed E-state index contributed by atoms with van der Waals surface area (Å²) in [6, 6.07) is 12.4. The molecule has 138 valence electrons. The van der Waals surface area contributed by atoms with E-state index >= 15 is 0 Å². The fraction of sp³-hybridized carbons (Fsp3) is 0.278. The number of hydrogen-bond donors (Lipinski definition) is 1. The van der Waals surface area contributed by atoms with Gasteiger partial charge in [-0.05, 0) is 48.9 Å². The number of carbonyl (C=O) groups excluding carboxylic acids is 1. The minimum absolute atomic E-state index is 0.0579. The molecule has 3 rings (SSSR count). The lowest BCUT2D eigenvalue weighted by Gasteiger charge is -2.11. The number of carbonyl (C=O) groups is 1. The molecule has 0 aromatic heterocycles. The van der Waals surface area contributed by atoms with Gasteiger partial charge in [-0.25, -0.2) is 13.2 Å². The minimum Gasteiger partial charge on any atom is -0.465 e. The molecule has 0 spiro atoms. The van der Waals surface area contributed by atoms with Gasteiger partial charge in [-0.2, -0.15) is 0 Å². The zero-order valence-electron chi connectivity index (χ0n) is 13.9. The summed E-state index contributed by atoms with van der Waals surface area (Å²) in [6.45, 7) is 1.75. The van der Waals surface area contributed by atoms with Crippen LogP contribution in [0.25, 0.3) is 0 Å². The summed E-state index contributed by atoms with van der Waals surface area (Å²) in [5, 5.41) is -0.208. The van der Waals surface area contributed by atoms with Gasteiger partial charge >= 0.3 is 5.97 Å². The molecule has 0 saturated heterocycles. The van der Waals surface area contributed by atoms with Gasteiger partial charge < -0.3 is 10.5 Å². The lowest BCUT2D eigenvalue weighted by molar-refractivity contribution is -0.145. The van der Waals surface area contributed by atoms with Crippen LogP contribution < -0.4 is 5.73 Å². The fourth-order valence-corrected chi connectivity index (χ4v) is 5.68. The molecule has 0 heterocycles. The zero-order valence-corrected chi connectivity index (χ0v) is 16.2. The molecule has 2 N–H and O–H groups in total. The van der Waals surface area contributed by atoms with Crippen molar-refractivity contribution in [2.45, 2.75) is 28.5 Å². The number of benzene rings is 2. The van der Waals surface area contributed by atoms with Gasteiger partial charge in [0.15, 0.2) is 9.84 Å². The van der Waals surface area contributed by atoms with Crippen molar-refractivity contribution in [1.29, 1.82) is 0 Å². The highest BCUT2D eigenvalue weighted by Gasteiger charge is 2.74. The quantitative estimate of drug-likeness (QED) is 0.760. The lowest BCUT2D eigenvalue weighted by atomic mass is 10.1. The molecule has 26 heavy (non-hydrogen) atoms. The number of halogens is 2. The van der Waals surface area contributed by atoms with E-state index in [0.29, 0.717) is 15.6 Å². The summed E-state index contributed by atoms with van der Waals surface area (Å²) < 4.78 is 31.3. The van der Waals surface area contributed by atoms with E-state index in [9.17, 15) is 13.2 Å². The Kier molecular flexibility index (Phi) is 5.05. The third kappa shape index (κ3) is 3.11. The van der Waals surface area contributed by atoms with Crippen LogP contribution in [0.1, 0.15) is 18.4 Å². The molecule has 5 nitrogen and oxygen atoms in total. The van der Waals surface area contributed by atoms with Gasteiger partial charge in [-0.15, -0.1) is 0 Å². The molecule has 3 atom stereocenters. The van der Waals surface area contributed by atoms with E-state index < -0.39 is 32.5 Å². The largest absolute Gasteiger partial charge is 0.465 e. The first-order chi connectivity index (χ1) is 12.2. The maximum absolute atomic E-state index is 13.1. The van der Waals surface area contributed by atoms with E-state index in [1.807, 2.05) is 0 Å². The second kappa shape index (κ2) is 6.85. The molecule has 1 fully saturated rings. The second-order valence-corrected chi connectivity index (χ2v) is 9.04. The Morgan fingerprint density at radius 2 is 1.58 bits per heavy atom. The van der Waals surface area contributed by atoms with Crippen LogP contribution in [0, 0.1) is 0 Å². The van der Waals surface area contributed by atoms with E-state index in [4.69, 9.17) is 33.7 Å². The van der Waals surface area contributed by atoms with Gasteiger partial charge in [0.05, 0.1) is 11.5 Å². The molecule has 1 aliphatic rings. The summed E-state index contributed by atoms with van der Waals surface area (Å²) >= 11 is 11.7. The number of rotatable bonds is 5. The van der Waals surface area contributed by atoms with Gasteiger partial charge in [-0.1, -0.05) is 35.3 Å². The summed E-state index contributed by atoms with van der Waals surface area (Å²) in [7, 11) is -3.88. The molecule has 0 aliphatic heterocycles. The molecule has 1 saturated carbocycles. The Morgan fingerprint density at radius 3 is 2.08 bits per heavy atom. The highest BCUT2D eigenvalue weighted by Crippen LogP contribution is 2.56. The SMILES string of the molecule is CCOC(=O)[C@@]1(N)[C@@H](c2ccc(Cl)cc2)[C@@H]1S(=O)(=O)c1ccc(Cl)cc1. The highest BCUT2D eigenvalue weighted by molar-refractivity contribution is 7.92. The maximum atomic E-state index is 13.1. The standard InChI is InChI=1S/C18H17Cl2NO4S/c1-2-25-17(22)18(21)15(11-3-5-12(19)6-4-11)16(18)26(23,24)14-9-7-13(20)8-10-14/h3-10,15-16H,2,21H2,1H3/t15-,16-,18+/m0/s1. The number of hydrogen-bond acceptors (Lipinski definition) is 5. The molecule has 1 aliphatic carbocycles. The summed E-state index contributed by atoms with van der Waals surface area (Å²) in [5.74, 6) is -1.46. The number of esters is 1. The molecule has 0 unspecified atom stereocenters. The fourth-order valence-electron chi connectivity index (χ4n) is 3.20. The Hall–Kier alpha value is -1.60. The van der Waals surface area contributed by atoms with E-state index in [1.54, 1.807) is 31.2 Å². The Balaban J connectivity index is 2.06. The van der Waals surface area contributed by atoms with Gasteiger partial charge in [0.25, 0.3) is 0 Å². The van der Waals surface area contributed by atoms with Gasteiger partial charge in [0.2, 0.25) is 0 Å². The van der Waals surface area contributed by atoms with Crippen molar-refractivity contribution in [2.24, 2.45) is 5.73 Å². The first kappa shape index (κ1) is 19.2. The minimum atomic E-state index is -3.88. The average molecular weight is 414 g/mol. The zero-order chi connectivity index (χ0) is 19.1. The van der Waals surface area contributed by atoms with Crippen LogP contribution in [0.3, 0.4) is 0 Å². The van der Waals surface area contributed by atoms with Crippen LogP contribution in [0.15, 0.2) is 53.4 Å². The van der Waals surface area contributed by atoms with Crippen molar-refractivity contribution in [3.8, 4) is 0 Å². The summed E-state index contributed by atoms with van der Waals surface area (Å²) in [6.07, 6.45) is 0. The third-order valence-corrected chi connectivity index (χ3v) is 7.28. The Labute approximate surface area is 162 Å².